The van der Waals surface area contributed by atoms with E-state index in [9.17, 15) is 16.8 Å². The normalized spacial score (nSPS) is 11.7. The van der Waals surface area contributed by atoms with Crippen LogP contribution < -0.4 is 14.4 Å². The van der Waals surface area contributed by atoms with Crippen molar-refractivity contribution in [3.05, 3.63) is 113 Å². The van der Waals surface area contributed by atoms with Crippen LogP contribution >= 0.6 is 23.7 Å². The number of ether oxygens (including phenoxy) is 2. The number of nitrogens with zero attached hydrogens (tertiary/aromatic N) is 3. The molecule has 0 unspecified atom stereocenters. The quantitative estimate of drug-likeness (QED) is 0.0428. The third-order valence-electron chi connectivity index (χ3n) is 8.11. The smallest absolute Gasteiger partial charge is 0.264 e. The SMILES string of the molecule is CCOc1cc(-c2nc(-c3ccc(N=Cc4ccc(N(CCCOS(C)(=O)=O)CCCOS(C)(=O)=O)cc4C)cc3)cs2)ccc1OCc1ccccc1.Cl. The van der Waals surface area contributed by atoms with E-state index >= 15 is 0 Å². The molecular formula is C40H46ClN3O8S3. The molecule has 4 aromatic carbocycles. The molecule has 11 nitrogen and oxygen atoms in total. The molecule has 1 heterocycles. The third kappa shape index (κ3) is 14.0. The molecular weight excluding hydrogens is 782 g/mol. The lowest BCUT2D eigenvalue weighted by Gasteiger charge is -2.25. The van der Waals surface area contributed by atoms with Crippen LogP contribution in [0.25, 0.3) is 21.8 Å². The first kappa shape index (κ1) is 43.4. The summed E-state index contributed by atoms with van der Waals surface area (Å²) >= 11 is 1.57. The fraction of sp³-hybridized carbons (Fsp3) is 0.300. The van der Waals surface area contributed by atoms with Gasteiger partial charge in [-0.15, -0.1) is 23.7 Å². The predicted octanol–water partition coefficient (Wildman–Crippen LogP) is 8.47. The Morgan fingerprint density at radius 1 is 0.782 bits per heavy atom. The zero-order valence-corrected chi connectivity index (χ0v) is 34.5. The molecule has 0 saturated heterocycles. The van der Waals surface area contributed by atoms with Gasteiger partial charge in [0.2, 0.25) is 0 Å². The first-order valence-electron chi connectivity index (χ1n) is 17.5. The van der Waals surface area contributed by atoms with E-state index in [0.717, 1.165) is 62.4 Å². The molecule has 0 fully saturated rings. The van der Waals surface area contributed by atoms with Crippen LogP contribution in [-0.2, 0) is 35.2 Å². The van der Waals surface area contributed by atoms with Crippen molar-refractivity contribution in [3.63, 3.8) is 0 Å². The summed E-state index contributed by atoms with van der Waals surface area (Å²) in [6, 6.07) is 29.8. The molecule has 0 radical (unpaired) electrons. The van der Waals surface area contributed by atoms with Crippen LogP contribution in [0.5, 0.6) is 11.5 Å². The summed E-state index contributed by atoms with van der Waals surface area (Å²) in [6.45, 7) is 6.05. The van der Waals surface area contributed by atoms with Crippen LogP contribution in [0.2, 0.25) is 0 Å². The molecule has 5 rings (SSSR count). The average molecular weight is 828 g/mol. The maximum Gasteiger partial charge on any atom is 0.264 e. The Balaban J connectivity index is 0.00000673. The van der Waals surface area contributed by atoms with Gasteiger partial charge in [-0.1, -0.05) is 48.5 Å². The van der Waals surface area contributed by atoms with Gasteiger partial charge in [0.1, 0.15) is 11.6 Å². The maximum atomic E-state index is 11.4. The van der Waals surface area contributed by atoms with Crippen molar-refractivity contribution in [1.82, 2.24) is 4.98 Å². The largest absolute Gasteiger partial charge is 0.490 e. The molecule has 294 valence electrons. The second-order valence-electron chi connectivity index (χ2n) is 12.5. The molecule has 0 aliphatic heterocycles. The zero-order chi connectivity index (χ0) is 38.6. The second kappa shape index (κ2) is 20.6. The van der Waals surface area contributed by atoms with Gasteiger partial charge in [0, 0.05) is 41.5 Å². The molecule has 0 saturated carbocycles. The predicted molar refractivity (Wildman–Crippen MR) is 224 cm³/mol. The first-order valence-corrected chi connectivity index (χ1v) is 22.0. The van der Waals surface area contributed by atoms with Gasteiger partial charge in [-0.05, 0) is 85.8 Å². The van der Waals surface area contributed by atoms with Crippen molar-refractivity contribution >= 4 is 61.6 Å². The Bertz CT molecular complexity index is 2190. The summed E-state index contributed by atoms with van der Waals surface area (Å²) < 4.78 is 67.3. The maximum absolute atomic E-state index is 11.4. The van der Waals surface area contributed by atoms with Gasteiger partial charge in [0.25, 0.3) is 20.2 Å². The van der Waals surface area contributed by atoms with Crippen molar-refractivity contribution in [2.24, 2.45) is 4.99 Å². The second-order valence-corrected chi connectivity index (χ2v) is 16.6. The van der Waals surface area contributed by atoms with E-state index in [1.807, 2.05) is 116 Å². The number of hydrogen-bond donors (Lipinski definition) is 0. The lowest BCUT2D eigenvalue weighted by Crippen LogP contribution is -2.28. The molecule has 1 aromatic heterocycles. The Labute approximate surface area is 334 Å². The zero-order valence-electron chi connectivity index (χ0n) is 31.2. The van der Waals surface area contributed by atoms with Crippen molar-refractivity contribution in [1.29, 1.82) is 0 Å². The molecule has 0 N–H and O–H groups in total. The number of anilines is 1. The monoisotopic (exact) mass is 827 g/mol. The molecule has 0 aliphatic rings. The standard InChI is InChI=1S/C40H45N3O8S3.ClH/c1-5-48-39-26-33(16-20-38(39)49-28-31-11-7-6-8-12-31)40-42-37(29-52-40)32-13-17-35(18-14-32)41-27-34-15-19-36(25-30(34)2)43(21-9-23-50-53(3,44)45)22-10-24-51-54(4,46)47;/h6-8,11-20,25-27,29H,5,9-10,21-24,28H2,1-4H3;1H. The van der Waals surface area contributed by atoms with Crippen LogP contribution in [0.4, 0.5) is 11.4 Å². The van der Waals surface area contributed by atoms with Gasteiger partial charge in [0.15, 0.2) is 11.5 Å². The van der Waals surface area contributed by atoms with Crippen LogP contribution in [0.15, 0.2) is 101 Å². The van der Waals surface area contributed by atoms with Gasteiger partial charge in [0.05, 0.1) is 43.7 Å². The fourth-order valence-corrected chi connectivity index (χ4v) is 7.14. The van der Waals surface area contributed by atoms with Gasteiger partial charge in [-0.2, -0.15) is 16.8 Å². The molecule has 5 aromatic rings. The summed E-state index contributed by atoms with van der Waals surface area (Å²) in [5.41, 5.74) is 7.53. The van der Waals surface area contributed by atoms with E-state index < -0.39 is 20.2 Å². The van der Waals surface area contributed by atoms with Gasteiger partial charge in [-0.25, -0.2) is 4.98 Å². The van der Waals surface area contributed by atoms with E-state index in [1.165, 1.54) is 0 Å². The Morgan fingerprint density at radius 2 is 1.44 bits per heavy atom. The van der Waals surface area contributed by atoms with Crippen molar-refractivity contribution in [2.45, 2.75) is 33.3 Å². The highest BCUT2D eigenvalue weighted by Gasteiger charge is 2.13. The minimum Gasteiger partial charge on any atom is -0.490 e. The highest BCUT2D eigenvalue weighted by atomic mass is 35.5. The summed E-state index contributed by atoms with van der Waals surface area (Å²) in [4.78, 5) is 11.7. The van der Waals surface area contributed by atoms with E-state index in [2.05, 4.69) is 4.90 Å². The minimum atomic E-state index is -3.53. The lowest BCUT2D eigenvalue weighted by atomic mass is 10.1. The molecule has 15 heteroatoms. The number of aryl methyl sites for hydroxylation is 1. The molecule has 55 heavy (non-hydrogen) atoms. The number of halogens is 1. The first-order chi connectivity index (χ1) is 25.9. The Morgan fingerprint density at radius 3 is 2.05 bits per heavy atom. The Kier molecular flexibility index (Phi) is 16.2. The summed E-state index contributed by atoms with van der Waals surface area (Å²) in [5.74, 6) is 1.37. The van der Waals surface area contributed by atoms with Gasteiger partial charge < -0.3 is 14.4 Å². The van der Waals surface area contributed by atoms with Crippen molar-refractivity contribution in [2.75, 3.05) is 50.3 Å². The van der Waals surface area contributed by atoms with E-state index in [1.54, 1.807) is 11.3 Å². The number of thiazole rings is 1. The van der Waals surface area contributed by atoms with Crippen LogP contribution in [0, 0.1) is 6.92 Å². The number of rotatable bonds is 20. The fourth-order valence-electron chi connectivity index (χ4n) is 5.47. The average Bonchev–Trinajstić information content (AvgIpc) is 3.64. The minimum absolute atomic E-state index is 0. The summed E-state index contributed by atoms with van der Waals surface area (Å²) in [7, 11) is -7.07. The number of benzene rings is 4. The Hall–Kier alpha value is -4.31. The number of aromatic nitrogens is 1. The lowest BCUT2D eigenvalue weighted by molar-refractivity contribution is 0.269. The van der Waals surface area contributed by atoms with E-state index in [-0.39, 0.29) is 25.6 Å². The molecule has 0 spiro atoms. The van der Waals surface area contributed by atoms with E-state index in [4.69, 9.17) is 27.8 Å². The summed E-state index contributed by atoms with van der Waals surface area (Å²) in [5, 5.41) is 2.92. The van der Waals surface area contributed by atoms with E-state index in [0.29, 0.717) is 50.6 Å². The highest BCUT2D eigenvalue weighted by Crippen LogP contribution is 2.36. The number of aliphatic imine (C=N–C) groups is 1. The van der Waals surface area contributed by atoms with Crippen LogP contribution in [-0.4, -0.2) is 73.5 Å². The van der Waals surface area contributed by atoms with Crippen molar-refractivity contribution in [3.8, 4) is 33.3 Å². The molecule has 0 amide bonds. The summed E-state index contributed by atoms with van der Waals surface area (Å²) in [6.07, 6.45) is 4.79. The van der Waals surface area contributed by atoms with Crippen LogP contribution in [0.1, 0.15) is 36.5 Å². The van der Waals surface area contributed by atoms with Gasteiger partial charge in [-0.3, -0.25) is 13.4 Å². The molecule has 0 atom stereocenters. The highest BCUT2D eigenvalue weighted by molar-refractivity contribution is 7.86. The third-order valence-corrected chi connectivity index (χ3v) is 10.2. The van der Waals surface area contributed by atoms with Crippen molar-refractivity contribution < 1.29 is 34.7 Å². The van der Waals surface area contributed by atoms with Gasteiger partial charge >= 0.3 is 0 Å². The number of hydrogen-bond acceptors (Lipinski definition) is 12. The molecule has 0 aliphatic carbocycles. The topological polar surface area (TPSA) is 134 Å². The van der Waals surface area contributed by atoms with Crippen LogP contribution in [0.3, 0.4) is 0 Å². The molecule has 0 bridgehead atoms.